The van der Waals surface area contributed by atoms with Gasteiger partial charge in [-0.2, -0.15) is 0 Å². The van der Waals surface area contributed by atoms with Gasteiger partial charge in [-0.05, 0) is 98.2 Å². The third-order valence-corrected chi connectivity index (χ3v) is 10.8. The third-order valence-electron chi connectivity index (χ3n) is 10.8. The summed E-state index contributed by atoms with van der Waals surface area (Å²) in [5.74, 6) is 0. The molecule has 1 aliphatic carbocycles. The van der Waals surface area contributed by atoms with Gasteiger partial charge in [-0.3, -0.25) is 4.98 Å². The van der Waals surface area contributed by atoms with Crippen molar-refractivity contribution in [3.05, 3.63) is 181 Å². The second-order valence-electron chi connectivity index (χ2n) is 14.0. The van der Waals surface area contributed by atoms with Crippen LogP contribution in [0.1, 0.15) is 25.0 Å². The Labute approximate surface area is 297 Å². The molecule has 51 heavy (non-hydrogen) atoms. The van der Waals surface area contributed by atoms with Gasteiger partial charge in [-0.25, -0.2) is 0 Å². The van der Waals surface area contributed by atoms with Crippen LogP contribution in [-0.4, -0.2) is 4.98 Å². The van der Waals surface area contributed by atoms with Gasteiger partial charge in [0.05, 0.1) is 5.69 Å². The summed E-state index contributed by atoms with van der Waals surface area (Å²) in [6.07, 6.45) is 3.69. The minimum absolute atomic E-state index is 0.149. The summed E-state index contributed by atoms with van der Waals surface area (Å²) in [4.78, 5) is 6.86. The van der Waals surface area contributed by atoms with Crippen LogP contribution in [0, 0.1) is 0 Å². The fraction of sp³-hybridized carbons (Fsp3) is 0.0625. The van der Waals surface area contributed by atoms with Gasteiger partial charge in [-0.15, -0.1) is 0 Å². The zero-order valence-corrected chi connectivity index (χ0v) is 28.5. The van der Waals surface area contributed by atoms with E-state index in [2.05, 4.69) is 175 Å². The average Bonchev–Trinajstić information content (AvgIpc) is 3.68. The zero-order valence-electron chi connectivity index (χ0n) is 28.5. The molecule has 2 heterocycles. The van der Waals surface area contributed by atoms with Gasteiger partial charge in [0.1, 0.15) is 11.2 Å². The number of hydrogen-bond acceptors (Lipinski definition) is 3. The highest BCUT2D eigenvalue weighted by Crippen LogP contribution is 2.53. The first kappa shape index (κ1) is 29.5. The SMILES string of the molecule is CC1(C)c2ccccc2-c2cc(-c3ccccc3)c(N(c3ccc(-c4ccccc4)cc3)c3ccc4c(ccc5oc6ccncc6c54)c3)cc21. The Morgan fingerprint density at radius 3 is 2.02 bits per heavy atom. The molecule has 0 unspecified atom stereocenters. The Balaban J connectivity index is 1.24. The highest BCUT2D eigenvalue weighted by Gasteiger charge is 2.37. The fourth-order valence-corrected chi connectivity index (χ4v) is 8.21. The number of nitrogens with zero attached hydrogens (tertiary/aromatic N) is 2. The van der Waals surface area contributed by atoms with Crippen LogP contribution in [0.15, 0.2) is 175 Å². The van der Waals surface area contributed by atoms with Crippen LogP contribution >= 0.6 is 0 Å². The lowest BCUT2D eigenvalue weighted by Gasteiger charge is -2.31. The molecule has 0 N–H and O–H groups in total. The van der Waals surface area contributed by atoms with Crippen LogP contribution in [0.2, 0.25) is 0 Å². The summed E-state index contributed by atoms with van der Waals surface area (Å²) in [6.45, 7) is 4.71. The number of fused-ring (bicyclic) bond motifs is 8. The molecule has 7 aromatic carbocycles. The predicted octanol–water partition coefficient (Wildman–Crippen LogP) is 13.2. The molecule has 0 radical (unpaired) electrons. The van der Waals surface area contributed by atoms with Crippen LogP contribution in [0.5, 0.6) is 0 Å². The van der Waals surface area contributed by atoms with Crippen molar-refractivity contribution in [1.82, 2.24) is 4.98 Å². The van der Waals surface area contributed by atoms with E-state index in [0.29, 0.717) is 0 Å². The molecule has 1 aliphatic rings. The zero-order chi connectivity index (χ0) is 34.1. The van der Waals surface area contributed by atoms with Crippen molar-refractivity contribution in [1.29, 1.82) is 0 Å². The summed E-state index contributed by atoms with van der Waals surface area (Å²) in [5.41, 5.74) is 15.0. The standard InChI is InChI=1S/C48H34N2O/c1-48(2)42-16-10-9-15-38(42)40-28-39(33-13-7-4-8-14-33)44(29-43(40)48)50(35-20-17-32(18-21-35)31-11-5-3-6-12-31)36-22-23-37-34(27-36)19-24-46-47(37)41-30-49-26-25-45(41)51-46/h3-30H,1-2H3. The molecule has 242 valence electrons. The van der Waals surface area contributed by atoms with E-state index in [1.165, 1.54) is 44.5 Å². The van der Waals surface area contributed by atoms with Crippen LogP contribution in [-0.2, 0) is 5.41 Å². The number of anilines is 3. The highest BCUT2D eigenvalue weighted by molar-refractivity contribution is 6.19. The van der Waals surface area contributed by atoms with Gasteiger partial charge in [0.25, 0.3) is 0 Å². The largest absolute Gasteiger partial charge is 0.456 e. The van der Waals surface area contributed by atoms with Gasteiger partial charge < -0.3 is 9.32 Å². The minimum Gasteiger partial charge on any atom is -0.456 e. The Morgan fingerprint density at radius 1 is 0.510 bits per heavy atom. The Hall–Kier alpha value is -6.45. The van der Waals surface area contributed by atoms with Crippen LogP contribution in [0.4, 0.5) is 17.1 Å². The molecule has 0 bridgehead atoms. The van der Waals surface area contributed by atoms with Crippen molar-refractivity contribution in [2.75, 3.05) is 4.90 Å². The molecule has 3 nitrogen and oxygen atoms in total. The molecule has 10 rings (SSSR count). The van der Waals surface area contributed by atoms with Crippen molar-refractivity contribution < 1.29 is 4.42 Å². The number of hydrogen-bond donors (Lipinski definition) is 0. The summed E-state index contributed by atoms with van der Waals surface area (Å²) in [6, 6.07) is 57.2. The van der Waals surface area contributed by atoms with Gasteiger partial charge in [0, 0.05) is 45.5 Å². The Bertz CT molecular complexity index is 2760. The molecule has 0 saturated heterocycles. The lowest BCUT2D eigenvalue weighted by Crippen LogP contribution is -2.17. The first-order chi connectivity index (χ1) is 25.0. The summed E-state index contributed by atoms with van der Waals surface area (Å²) in [5, 5.41) is 4.43. The molecule has 3 heteroatoms. The molecule has 0 aliphatic heterocycles. The van der Waals surface area contributed by atoms with Crippen molar-refractivity contribution in [3.63, 3.8) is 0 Å². The van der Waals surface area contributed by atoms with Crippen molar-refractivity contribution in [2.24, 2.45) is 0 Å². The monoisotopic (exact) mass is 654 g/mol. The summed E-state index contributed by atoms with van der Waals surface area (Å²) >= 11 is 0. The second kappa shape index (κ2) is 11.3. The maximum atomic E-state index is 6.23. The number of furan rings is 1. The third kappa shape index (κ3) is 4.62. The van der Waals surface area contributed by atoms with E-state index in [-0.39, 0.29) is 5.41 Å². The molecule has 0 fully saturated rings. The predicted molar refractivity (Wildman–Crippen MR) is 212 cm³/mol. The van der Waals surface area contributed by atoms with Crippen molar-refractivity contribution >= 4 is 49.8 Å². The Kier molecular flexibility index (Phi) is 6.53. The second-order valence-corrected chi connectivity index (χ2v) is 14.0. The van der Waals surface area contributed by atoms with Gasteiger partial charge in [-0.1, -0.05) is 123 Å². The summed E-state index contributed by atoms with van der Waals surface area (Å²) < 4.78 is 6.23. The van der Waals surface area contributed by atoms with Gasteiger partial charge >= 0.3 is 0 Å². The molecule has 0 amide bonds. The van der Waals surface area contributed by atoms with Crippen LogP contribution in [0.3, 0.4) is 0 Å². The normalized spacial score (nSPS) is 13.1. The number of aromatic nitrogens is 1. The Morgan fingerprint density at radius 2 is 1.22 bits per heavy atom. The maximum absolute atomic E-state index is 6.23. The lowest BCUT2D eigenvalue weighted by molar-refractivity contribution is 0.660. The van der Waals surface area contributed by atoms with E-state index in [1.54, 1.807) is 6.20 Å². The molecule has 0 saturated carbocycles. The smallest absolute Gasteiger partial charge is 0.138 e. The van der Waals surface area contributed by atoms with E-state index in [0.717, 1.165) is 49.8 Å². The topological polar surface area (TPSA) is 29.3 Å². The number of pyridine rings is 1. The molecular formula is C48H34N2O. The molecular weight excluding hydrogens is 621 g/mol. The van der Waals surface area contributed by atoms with Gasteiger partial charge in [0.2, 0.25) is 0 Å². The van der Waals surface area contributed by atoms with Crippen molar-refractivity contribution in [3.8, 4) is 33.4 Å². The molecule has 2 aromatic heterocycles. The van der Waals surface area contributed by atoms with Crippen molar-refractivity contribution in [2.45, 2.75) is 19.3 Å². The lowest BCUT2D eigenvalue weighted by atomic mass is 9.81. The quantitative estimate of drug-likeness (QED) is 0.185. The minimum atomic E-state index is -0.149. The number of benzene rings is 7. The molecule has 9 aromatic rings. The van der Waals surface area contributed by atoms with Crippen LogP contribution in [0.25, 0.3) is 66.1 Å². The molecule has 0 spiro atoms. The van der Waals surface area contributed by atoms with E-state index in [1.807, 2.05) is 12.3 Å². The van der Waals surface area contributed by atoms with E-state index in [9.17, 15) is 0 Å². The average molecular weight is 655 g/mol. The first-order valence-corrected chi connectivity index (χ1v) is 17.5. The van der Waals surface area contributed by atoms with E-state index >= 15 is 0 Å². The van der Waals surface area contributed by atoms with Gasteiger partial charge in [0.15, 0.2) is 0 Å². The maximum Gasteiger partial charge on any atom is 0.138 e. The van der Waals surface area contributed by atoms with E-state index in [4.69, 9.17) is 4.42 Å². The van der Waals surface area contributed by atoms with E-state index < -0.39 is 0 Å². The highest BCUT2D eigenvalue weighted by atomic mass is 16.3. The summed E-state index contributed by atoms with van der Waals surface area (Å²) in [7, 11) is 0. The first-order valence-electron chi connectivity index (χ1n) is 17.5. The number of rotatable bonds is 5. The van der Waals surface area contributed by atoms with Crippen LogP contribution < -0.4 is 4.90 Å². The molecule has 0 atom stereocenters. The fourth-order valence-electron chi connectivity index (χ4n) is 8.21.